The van der Waals surface area contributed by atoms with Gasteiger partial charge in [-0.2, -0.15) is 0 Å². The van der Waals surface area contributed by atoms with E-state index in [1.165, 1.54) is 24.5 Å². The van der Waals surface area contributed by atoms with Crippen LogP contribution in [0, 0.1) is 15.9 Å². The number of hydrogen-bond donors (Lipinski definition) is 0. The third-order valence-corrected chi connectivity index (χ3v) is 5.74. The van der Waals surface area contributed by atoms with E-state index in [2.05, 4.69) is 14.9 Å². The maximum Gasteiger partial charge on any atom is 0.293 e. The predicted octanol–water partition coefficient (Wildman–Crippen LogP) is 2.17. The van der Waals surface area contributed by atoms with Crippen molar-refractivity contribution in [3.63, 3.8) is 0 Å². The summed E-state index contributed by atoms with van der Waals surface area (Å²) in [5.41, 5.74) is 0.744. The van der Waals surface area contributed by atoms with Gasteiger partial charge < -0.3 is 19.4 Å². The molecule has 1 unspecified atom stereocenters. The second-order valence-corrected chi connectivity index (χ2v) is 7.80. The van der Waals surface area contributed by atoms with Crippen molar-refractivity contribution >= 4 is 17.3 Å². The summed E-state index contributed by atoms with van der Waals surface area (Å²) in [6, 6.07) is 2.84. The maximum atomic E-state index is 15.0. The van der Waals surface area contributed by atoms with Crippen LogP contribution in [0.2, 0.25) is 0 Å². The Morgan fingerprint density at radius 1 is 1.17 bits per heavy atom. The third-order valence-electron chi connectivity index (χ3n) is 5.74. The van der Waals surface area contributed by atoms with Gasteiger partial charge in [0, 0.05) is 67.9 Å². The molecule has 0 N–H and O–H groups in total. The van der Waals surface area contributed by atoms with Crippen LogP contribution in [0.25, 0.3) is 11.1 Å². The molecule has 2 aromatic rings. The van der Waals surface area contributed by atoms with E-state index in [-0.39, 0.29) is 17.3 Å². The smallest absolute Gasteiger partial charge is 0.293 e. The van der Waals surface area contributed by atoms with Crippen molar-refractivity contribution in [2.75, 3.05) is 63.3 Å². The lowest BCUT2D eigenvalue weighted by Crippen LogP contribution is -2.37. The second kappa shape index (κ2) is 8.49. The Labute approximate surface area is 174 Å². The first-order valence-electron chi connectivity index (χ1n) is 9.98. The van der Waals surface area contributed by atoms with E-state index in [1.54, 1.807) is 0 Å². The molecule has 2 saturated heterocycles. The highest BCUT2D eigenvalue weighted by Gasteiger charge is 2.30. The van der Waals surface area contributed by atoms with Gasteiger partial charge in [-0.1, -0.05) is 0 Å². The summed E-state index contributed by atoms with van der Waals surface area (Å²) in [5, 5.41) is 11.7. The maximum absolute atomic E-state index is 15.0. The first kappa shape index (κ1) is 20.4. The van der Waals surface area contributed by atoms with Gasteiger partial charge in [-0.3, -0.25) is 10.1 Å². The van der Waals surface area contributed by atoms with Gasteiger partial charge in [-0.05, 0) is 20.5 Å². The minimum atomic E-state index is -0.522. The fourth-order valence-electron chi connectivity index (χ4n) is 3.94. The van der Waals surface area contributed by atoms with Gasteiger partial charge in [0.15, 0.2) is 0 Å². The van der Waals surface area contributed by atoms with Crippen LogP contribution < -0.4 is 9.80 Å². The topological polar surface area (TPSA) is 87.9 Å². The summed E-state index contributed by atoms with van der Waals surface area (Å²) >= 11 is 0. The van der Waals surface area contributed by atoms with Crippen molar-refractivity contribution in [3.05, 3.63) is 40.5 Å². The van der Waals surface area contributed by atoms with Crippen LogP contribution in [0.15, 0.2) is 24.5 Å². The lowest BCUT2D eigenvalue weighted by Gasteiger charge is -2.26. The second-order valence-electron chi connectivity index (χ2n) is 7.80. The Hall–Kier alpha value is -2.85. The molecule has 4 rings (SSSR count). The molecule has 0 spiro atoms. The molecule has 0 saturated carbocycles. The van der Waals surface area contributed by atoms with E-state index >= 15 is 4.39 Å². The van der Waals surface area contributed by atoms with Crippen LogP contribution in [0.4, 0.5) is 21.7 Å². The Morgan fingerprint density at radius 2 is 1.87 bits per heavy atom. The number of nitrogens with zero attached hydrogens (tertiary/aromatic N) is 6. The van der Waals surface area contributed by atoms with Gasteiger partial charge in [-0.25, -0.2) is 14.4 Å². The van der Waals surface area contributed by atoms with Crippen molar-refractivity contribution in [2.24, 2.45) is 0 Å². The van der Waals surface area contributed by atoms with E-state index in [0.717, 1.165) is 6.42 Å². The summed E-state index contributed by atoms with van der Waals surface area (Å²) < 4.78 is 20.3. The van der Waals surface area contributed by atoms with Gasteiger partial charge in [0.2, 0.25) is 5.95 Å². The highest BCUT2D eigenvalue weighted by molar-refractivity contribution is 5.74. The predicted molar refractivity (Wildman–Crippen MR) is 111 cm³/mol. The fourth-order valence-corrected chi connectivity index (χ4v) is 3.94. The largest absolute Gasteiger partial charge is 0.378 e. The first-order valence-corrected chi connectivity index (χ1v) is 9.98. The van der Waals surface area contributed by atoms with E-state index in [1.807, 2.05) is 23.9 Å². The van der Waals surface area contributed by atoms with Crippen molar-refractivity contribution in [1.29, 1.82) is 0 Å². The van der Waals surface area contributed by atoms with E-state index in [0.29, 0.717) is 56.6 Å². The molecule has 1 atom stereocenters. The zero-order chi connectivity index (χ0) is 21.3. The van der Waals surface area contributed by atoms with E-state index in [9.17, 15) is 10.1 Å². The Kier molecular flexibility index (Phi) is 5.78. The highest BCUT2D eigenvalue weighted by Crippen LogP contribution is 2.37. The van der Waals surface area contributed by atoms with Crippen molar-refractivity contribution in [1.82, 2.24) is 14.9 Å². The van der Waals surface area contributed by atoms with Gasteiger partial charge in [0.25, 0.3) is 5.69 Å². The van der Waals surface area contributed by atoms with Gasteiger partial charge in [0.05, 0.1) is 18.1 Å². The molecular formula is C20H25FN6O3. The SMILES string of the molecule is CN(C)C1CCN(c2cc(F)c(-c3cnc(N4CCOCC4)nc3)cc2[N+](=O)[O-])C1. The van der Waals surface area contributed by atoms with E-state index in [4.69, 9.17) is 4.74 Å². The molecule has 3 heterocycles. The molecule has 1 aromatic heterocycles. The summed E-state index contributed by atoms with van der Waals surface area (Å²) in [7, 11) is 3.96. The molecule has 2 aliphatic rings. The van der Waals surface area contributed by atoms with Gasteiger partial charge in [-0.15, -0.1) is 0 Å². The number of halogens is 1. The number of nitro groups is 1. The molecule has 160 valence electrons. The normalized spacial score (nSPS) is 19.5. The number of benzene rings is 1. The van der Waals surface area contributed by atoms with Crippen LogP contribution in [0.5, 0.6) is 0 Å². The van der Waals surface area contributed by atoms with Gasteiger partial charge in [0.1, 0.15) is 11.5 Å². The van der Waals surface area contributed by atoms with Crippen LogP contribution in [-0.4, -0.2) is 79.3 Å². The molecule has 0 bridgehead atoms. The number of ether oxygens (including phenoxy) is 1. The quantitative estimate of drug-likeness (QED) is 0.541. The monoisotopic (exact) mass is 416 g/mol. The van der Waals surface area contributed by atoms with E-state index < -0.39 is 10.7 Å². The molecule has 2 aliphatic heterocycles. The van der Waals surface area contributed by atoms with Crippen LogP contribution in [-0.2, 0) is 4.74 Å². The average molecular weight is 416 g/mol. The first-order chi connectivity index (χ1) is 14.4. The van der Waals surface area contributed by atoms with Crippen LogP contribution in [0.1, 0.15) is 6.42 Å². The number of aromatic nitrogens is 2. The zero-order valence-corrected chi connectivity index (χ0v) is 17.1. The number of anilines is 2. The standard InChI is InChI=1S/C20H25FN6O3/c1-24(2)15-3-4-26(13-15)18-10-17(21)16(9-19(18)27(28)29)14-11-22-20(23-12-14)25-5-7-30-8-6-25/h9-12,15H,3-8,13H2,1-2H3. The molecule has 30 heavy (non-hydrogen) atoms. The lowest BCUT2D eigenvalue weighted by atomic mass is 10.1. The molecule has 0 aliphatic carbocycles. The highest BCUT2D eigenvalue weighted by atomic mass is 19.1. The molecule has 10 heteroatoms. The number of rotatable bonds is 5. The Balaban J connectivity index is 1.63. The van der Waals surface area contributed by atoms with Crippen molar-refractivity contribution in [2.45, 2.75) is 12.5 Å². The number of morpholine rings is 1. The molecule has 0 amide bonds. The Morgan fingerprint density at radius 3 is 2.47 bits per heavy atom. The molecule has 9 nitrogen and oxygen atoms in total. The zero-order valence-electron chi connectivity index (χ0n) is 17.1. The minimum Gasteiger partial charge on any atom is -0.378 e. The number of likely N-dealkylation sites (N-methyl/N-ethyl adjacent to an activating group) is 1. The lowest BCUT2D eigenvalue weighted by molar-refractivity contribution is -0.384. The Bertz CT molecular complexity index is 918. The third kappa shape index (κ3) is 4.05. The van der Waals surface area contributed by atoms with Crippen LogP contribution >= 0.6 is 0 Å². The minimum absolute atomic E-state index is 0.108. The summed E-state index contributed by atoms with van der Waals surface area (Å²) in [4.78, 5) is 25.9. The van der Waals surface area contributed by atoms with Crippen molar-refractivity contribution in [3.8, 4) is 11.1 Å². The molecule has 2 fully saturated rings. The summed E-state index contributed by atoms with van der Waals surface area (Å²) in [6.45, 7) is 3.89. The van der Waals surface area contributed by atoms with Crippen LogP contribution in [0.3, 0.4) is 0 Å². The van der Waals surface area contributed by atoms with Gasteiger partial charge >= 0.3 is 0 Å². The number of nitro benzene ring substituents is 1. The molecule has 0 radical (unpaired) electrons. The molecular weight excluding hydrogens is 391 g/mol. The molecule has 1 aromatic carbocycles. The summed E-state index contributed by atoms with van der Waals surface area (Å²) in [5.74, 6) is 0.0204. The fraction of sp³-hybridized carbons (Fsp3) is 0.500. The average Bonchev–Trinajstić information content (AvgIpc) is 3.25. The summed E-state index contributed by atoms with van der Waals surface area (Å²) in [6.07, 6.45) is 3.90. The number of hydrogen-bond acceptors (Lipinski definition) is 8. The van der Waals surface area contributed by atoms with Crippen molar-refractivity contribution < 1.29 is 14.1 Å².